The molecule has 3 saturated carbocycles. The minimum atomic E-state index is -0.930. The monoisotopic (exact) mass is 851 g/mol. The average Bonchev–Trinajstić information content (AvgIpc) is 3.58. The van der Waals surface area contributed by atoms with Crippen molar-refractivity contribution in [1.29, 1.82) is 0 Å². The zero-order valence-electron chi connectivity index (χ0n) is 36.9. The molecule has 5 rings (SSSR count). The maximum atomic E-state index is 14.4. The highest BCUT2D eigenvalue weighted by molar-refractivity contribution is 6.18. The van der Waals surface area contributed by atoms with E-state index in [0.717, 1.165) is 12.0 Å². The lowest BCUT2D eigenvalue weighted by atomic mass is 9.45. The molecule has 6 N–H and O–H groups in total. The fourth-order valence-corrected chi connectivity index (χ4v) is 9.55. The van der Waals surface area contributed by atoms with Crippen molar-refractivity contribution >= 4 is 29.0 Å². The third-order valence-electron chi connectivity index (χ3n) is 12.7. The topological polar surface area (TPSA) is 148 Å². The summed E-state index contributed by atoms with van der Waals surface area (Å²) in [5.74, 6) is 1.19. The molecule has 1 aromatic rings. The van der Waals surface area contributed by atoms with E-state index < -0.39 is 24.2 Å². The van der Waals surface area contributed by atoms with Crippen LogP contribution in [0.15, 0.2) is 85.7 Å². The SMILES string of the molecule is C=CC=C(C=C)C[C@@H](CN(C)C)NC(=O)C(=C)C=C(C=CNCCNCCCl)c1cccc(CN2O[C@@H](CO)[C@H]([C@H](C)O)[C@H]2C(=O)N[C@H]2C[C@H]3C[C@@H]([C@@H]2C)C3(C)C)c1OC. The van der Waals surface area contributed by atoms with Crippen molar-refractivity contribution in [2.75, 3.05) is 59.9 Å². The van der Waals surface area contributed by atoms with Crippen molar-refractivity contribution in [3.05, 3.63) is 96.8 Å². The standard InChI is InChI=1S/C47H71ClN6O6/c1-11-14-33(12-2)24-37(28-53(8)9)51-45(57)30(3)23-34(17-19-49-21-22-50-20-18-48)38-16-13-15-35(44(38)59-10)27-54-43(42(32(5)56)41(29-55)60-54)46(58)52-40-26-36-25-39(31(40)4)47(36,6)7/h11-17,19,23,31-32,36-37,39-43,49-50,55-56H,1-3,18,20-22,24-29H2,4-10H3,(H,51,57)(H,52,58)/t31-,32-,36+,37-,39-,40-,41-,42-,43-/m0/s1. The predicted molar refractivity (Wildman–Crippen MR) is 242 cm³/mol. The number of carbonyl (C=O) groups excluding carboxylic acids is 2. The Balaban J connectivity index is 1.66. The molecule has 3 aliphatic carbocycles. The number of carbonyl (C=O) groups is 2. The Morgan fingerprint density at radius 2 is 1.93 bits per heavy atom. The van der Waals surface area contributed by atoms with Crippen LogP contribution < -0.4 is 26.0 Å². The molecule has 60 heavy (non-hydrogen) atoms. The van der Waals surface area contributed by atoms with E-state index >= 15 is 0 Å². The van der Waals surface area contributed by atoms with Gasteiger partial charge in [-0.05, 0) is 92.9 Å². The first-order chi connectivity index (χ1) is 28.6. The molecule has 4 fully saturated rings. The number of allylic oxidation sites excluding steroid dienone is 5. The number of likely N-dealkylation sites (N-methyl/N-ethyl adjacent to an activating group) is 1. The minimum absolute atomic E-state index is 0.0112. The van der Waals surface area contributed by atoms with E-state index in [1.807, 2.05) is 55.5 Å². The fourth-order valence-electron chi connectivity index (χ4n) is 9.42. The number of halogens is 1. The number of rotatable bonds is 24. The number of hydrogen-bond donors (Lipinski definition) is 6. The van der Waals surface area contributed by atoms with Crippen LogP contribution in [-0.4, -0.2) is 122 Å². The number of aliphatic hydroxyl groups excluding tert-OH is 2. The molecule has 0 radical (unpaired) electrons. The van der Waals surface area contributed by atoms with E-state index in [-0.39, 0.29) is 48.0 Å². The largest absolute Gasteiger partial charge is 0.496 e. The van der Waals surface area contributed by atoms with Crippen molar-refractivity contribution in [3.63, 3.8) is 0 Å². The normalized spacial score (nSPS) is 26.3. The number of nitrogens with one attached hydrogen (secondary N) is 4. The van der Waals surface area contributed by atoms with Crippen molar-refractivity contribution in [2.45, 2.75) is 83.8 Å². The van der Waals surface area contributed by atoms with Gasteiger partial charge in [0.1, 0.15) is 17.9 Å². The first-order valence-corrected chi connectivity index (χ1v) is 21.8. The van der Waals surface area contributed by atoms with Gasteiger partial charge in [0, 0.05) is 66.8 Å². The van der Waals surface area contributed by atoms with E-state index in [1.165, 1.54) is 6.42 Å². The van der Waals surface area contributed by atoms with Gasteiger partial charge >= 0.3 is 0 Å². The third kappa shape index (κ3) is 12.2. The molecule has 1 saturated heterocycles. The molecular weight excluding hydrogens is 780 g/mol. The van der Waals surface area contributed by atoms with Crippen LogP contribution in [0.1, 0.15) is 58.1 Å². The number of hydrogen-bond acceptors (Lipinski definition) is 10. The molecule has 12 nitrogen and oxygen atoms in total. The first-order valence-electron chi connectivity index (χ1n) is 21.3. The van der Waals surface area contributed by atoms with Crippen molar-refractivity contribution < 1.29 is 29.4 Å². The number of alkyl halides is 1. The van der Waals surface area contributed by atoms with Gasteiger partial charge in [-0.1, -0.05) is 76.9 Å². The molecule has 0 spiro atoms. The summed E-state index contributed by atoms with van der Waals surface area (Å²) < 4.78 is 6.11. The summed E-state index contributed by atoms with van der Waals surface area (Å²) >= 11 is 5.82. The average molecular weight is 852 g/mol. The molecule has 0 aromatic heterocycles. The number of nitrogens with zero attached hydrogens (tertiary/aromatic N) is 2. The molecule has 0 unspecified atom stereocenters. The third-order valence-corrected chi connectivity index (χ3v) is 12.9. The number of aliphatic hydroxyl groups is 2. The van der Waals surface area contributed by atoms with Gasteiger partial charge in [-0.25, -0.2) is 0 Å². The fraction of sp³-hybridized carbons (Fsp3) is 0.574. The van der Waals surface area contributed by atoms with Gasteiger partial charge in [-0.2, -0.15) is 5.06 Å². The van der Waals surface area contributed by atoms with Crippen molar-refractivity contribution in [1.82, 2.24) is 31.2 Å². The maximum absolute atomic E-state index is 14.4. The van der Waals surface area contributed by atoms with Gasteiger partial charge in [0.15, 0.2) is 0 Å². The second-order valence-electron chi connectivity index (χ2n) is 17.4. The zero-order valence-corrected chi connectivity index (χ0v) is 37.6. The Morgan fingerprint density at radius 1 is 1.18 bits per heavy atom. The van der Waals surface area contributed by atoms with Gasteiger partial charge in [-0.15, -0.1) is 11.6 Å². The summed E-state index contributed by atoms with van der Waals surface area (Å²) in [4.78, 5) is 36.5. The Morgan fingerprint density at radius 3 is 2.53 bits per heavy atom. The van der Waals surface area contributed by atoms with E-state index in [9.17, 15) is 19.8 Å². The van der Waals surface area contributed by atoms with Crippen LogP contribution in [0.2, 0.25) is 0 Å². The summed E-state index contributed by atoms with van der Waals surface area (Å²) in [6.45, 7) is 22.8. The van der Waals surface area contributed by atoms with Gasteiger partial charge in [-0.3, -0.25) is 14.4 Å². The van der Waals surface area contributed by atoms with E-state index in [4.69, 9.17) is 21.2 Å². The highest BCUT2D eigenvalue weighted by Gasteiger charge is 2.57. The maximum Gasteiger partial charge on any atom is 0.250 e. The Kier molecular flexibility index (Phi) is 18.7. The van der Waals surface area contributed by atoms with Crippen LogP contribution in [0.5, 0.6) is 5.75 Å². The molecule has 9 atom stereocenters. The summed E-state index contributed by atoms with van der Waals surface area (Å²) in [6.07, 6.45) is 11.7. The summed E-state index contributed by atoms with van der Waals surface area (Å²) in [5, 5.41) is 36.1. The van der Waals surface area contributed by atoms with E-state index in [0.29, 0.717) is 78.7 Å². The van der Waals surface area contributed by atoms with Gasteiger partial charge in [0.05, 0.1) is 26.4 Å². The lowest BCUT2D eigenvalue weighted by Gasteiger charge is -2.62. The zero-order chi connectivity index (χ0) is 44.1. The van der Waals surface area contributed by atoms with Crippen LogP contribution in [0.3, 0.4) is 0 Å². The van der Waals surface area contributed by atoms with Crippen molar-refractivity contribution in [2.24, 2.45) is 29.1 Å². The molecule has 2 amide bonds. The minimum Gasteiger partial charge on any atom is -0.496 e. The van der Waals surface area contributed by atoms with Crippen molar-refractivity contribution in [3.8, 4) is 5.75 Å². The molecule has 4 aliphatic rings. The molecular formula is C47H71ClN6O6. The first kappa shape index (κ1) is 48.9. The summed E-state index contributed by atoms with van der Waals surface area (Å²) in [5.41, 5.74) is 3.49. The molecule has 1 heterocycles. The van der Waals surface area contributed by atoms with Gasteiger partial charge in [0.25, 0.3) is 5.91 Å². The molecule has 1 aromatic carbocycles. The summed E-state index contributed by atoms with van der Waals surface area (Å²) in [6, 6.07) is 4.60. The molecule has 13 heteroatoms. The summed E-state index contributed by atoms with van der Waals surface area (Å²) in [7, 11) is 5.48. The molecule has 1 aliphatic heterocycles. The number of para-hydroxylation sites is 1. The highest BCUT2D eigenvalue weighted by atomic mass is 35.5. The lowest BCUT2D eigenvalue weighted by molar-refractivity contribution is -0.183. The Labute approximate surface area is 363 Å². The number of ether oxygens (including phenoxy) is 1. The predicted octanol–water partition coefficient (Wildman–Crippen LogP) is 4.96. The molecule has 2 bridgehead atoms. The highest BCUT2D eigenvalue weighted by Crippen LogP contribution is 2.61. The quantitative estimate of drug-likeness (QED) is 0.0365. The lowest BCUT2D eigenvalue weighted by Crippen LogP contribution is -2.62. The van der Waals surface area contributed by atoms with E-state index in [1.54, 1.807) is 37.3 Å². The van der Waals surface area contributed by atoms with Crippen LogP contribution >= 0.6 is 11.6 Å². The van der Waals surface area contributed by atoms with Crippen LogP contribution in [-0.2, 0) is 21.0 Å². The Bertz CT molecular complexity index is 1740. The smallest absolute Gasteiger partial charge is 0.250 e. The van der Waals surface area contributed by atoms with Gasteiger partial charge in [0.2, 0.25) is 5.91 Å². The molecule has 332 valence electrons. The number of benzene rings is 1. The van der Waals surface area contributed by atoms with Gasteiger partial charge < -0.3 is 41.1 Å². The number of hydroxylamine groups is 2. The van der Waals surface area contributed by atoms with Crippen LogP contribution in [0.4, 0.5) is 0 Å². The number of methoxy groups -OCH3 is 1. The number of amides is 2. The van der Waals surface area contributed by atoms with Crippen LogP contribution in [0, 0.1) is 29.1 Å². The Hall–Kier alpha value is -3.75. The van der Waals surface area contributed by atoms with Crippen LogP contribution in [0.25, 0.3) is 5.57 Å². The second-order valence-corrected chi connectivity index (χ2v) is 17.8. The second kappa shape index (κ2) is 22.9. The number of fused-ring (bicyclic) bond motifs is 2. The van der Waals surface area contributed by atoms with E-state index in [2.05, 4.69) is 61.8 Å².